The van der Waals surface area contributed by atoms with Crippen LogP contribution in [0.4, 0.5) is 0 Å². The van der Waals surface area contributed by atoms with E-state index < -0.39 is 0 Å². The molecule has 0 amide bonds. The van der Waals surface area contributed by atoms with Gasteiger partial charge in [-0.25, -0.2) is 0 Å². The second kappa shape index (κ2) is 8.05. The van der Waals surface area contributed by atoms with Crippen molar-refractivity contribution in [2.24, 2.45) is 5.73 Å². The molecule has 0 aliphatic heterocycles. The number of para-hydroxylation sites is 1. The lowest BCUT2D eigenvalue weighted by Crippen LogP contribution is -2.25. The van der Waals surface area contributed by atoms with Gasteiger partial charge in [0.25, 0.3) is 0 Å². The van der Waals surface area contributed by atoms with Crippen molar-refractivity contribution in [1.82, 2.24) is 0 Å². The van der Waals surface area contributed by atoms with E-state index in [0.29, 0.717) is 6.61 Å². The Labute approximate surface area is 134 Å². The van der Waals surface area contributed by atoms with Crippen LogP contribution < -0.4 is 15.2 Å². The van der Waals surface area contributed by atoms with Crippen LogP contribution in [0.1, 0.15) is 12.0 Å². The maximum absolute atomic E-state index is 6.19. The smallest absolute Gasteiger partial charge is 0.122 e. The SMILES string of the molecule is COc1ccc(Br)cc1CC(N)CCOc1ccccc1. The van der Waals surface area contributed by atoms with Crippen molar-refractivity contribution in [2.75, 3.05) is 13.7 Å². The van der Waals surface area contributed by atoms with Crippen LogP contribution >= 0.6 is 15.9 Å². The van der Waals surface area contributed by atoms with Gasteiger partial charge in [-0.1, -0.05) is 34.1 Å². The summed E-state index contributed by atoms with van der Waals surface area (Å²) in [7, 11) is 1.68. The van der Waals surface area contributed by atoms with Gasteiger partial charge in [-0.15, -0.1) is 0 Å². The van der Waals surface area contributed by atoms with Gasteiger partial charge < -0.3 is 15.2 Å². The molecule has 0 aromatic heterocycles. The van der Waals surface area contributed by atoms with E-state index in [1.165, 1.54) is 0 Å². The number of nitrogens with two attached hydrogens (primary N) is 1. The fourth-order valence-corrected chi connectivity index (χ4v) is 2.54. The topological polar surface area (TPSA) is 44.5 Å². The van der Waals surface area contributed by atoms with Gasteiger partial charge in [0.15, 0.2) is 0 Å². The number of halogens is 1. The molecule has 1 atom stereocenters. The first-order chi connectivity index (χ1) is 10.2. The molecule has 112 valence electrons. The summed E-state index contributed by atoms with van der Waals surface area (Å²) in [5.74, 6) is 1.75. The predicted octanol–water partition coefficient (Wildman–Crippen LogP) is 3.80. The summed E-state index contributed by atoms with van der Waals surface area (Å²) in [6.45, 7) is 0.613. The average molecular weight is 350 g/mol. The van der Waals surface area contributed by atoms with E-state index in [4.69, 9.17) is 15.2 Å². The summed E-state index contributed by atoms with van der Waals surface area (Å²) < 4.78 is 12.1. The van der Waals surface area contributed by atoms with Crippen LogP contribution in [-0.2, 0) is 6.42 Å². The van der Waals surface area contributed by atoms with Crippen molar-refractivity contribution < 1.29 is 9.47 Å². The number of benzene rings is 2. The van der Waals surface area contributed by atoms with Crippen molar-refractivity contribution in [3.63, 3.8) is 0 Å². The van der Waals surface area contributed by atoms with Crippen molar-refractivity contribution >= 4 is 15.9 Å². The van der Waals surface area contributed by atoms with Gasteiger partial charge in [0.05, 0.1) is 13.7 Å². The Kier molecular flexibility index (Phi) is 6.08. The maximum Gasteiger partial charge on any atom is 0.122 e. The third-order valence-corrected chi connectivity index (χ3v) is 3.72. The summed E-state index contributed by atoms with van der Waals surface area (Å²) >= 11 is 3.48. The Bertz CT molecular complexity index is 560. The Morgan fingerprint density at radius 2 is 1.90 bits per heavy atom. The summed E-state index contributed by atoms with van der Waals surface area (Å²) in [4.78, 5) is 0. The monoisotopic (exact) mass is 349 g/mol. The van der Waals surface area contributed by atoms with Crippen molar-refractivity contribution in [3.05, 3.63) is 58.6 Å². The molecule has 0 fully saturated rings. The first kappa shape index (κ1) is 15.9. The minimum Gasteiger partial charge on any atom is -0.496 e. The molecule has 0 aliphatic carbocycles. The number of ether oxygens (including phenoxy) is 2. The second-order valence-electron chi connectivity index (χ2n) is 4.87. The average Bonchev–Trinajstić information content (AvgIpc) is 2.48. The highest BCUT2D eigenvalue weighted by Gasteiger charge is 2.10. The Balaban J connectivity index is 1.84. The van der Waals surface area contributed by atoms with Gasteiger partial charge in [0, 0.05) is 10.5 Å². The molecule has 21 heavy (non-hydrogen) atoms. The quantitative estimate of drug-likeness (QED) is 0.826. The van der Waals surface area contributed by atoms with E-state index in [9.17, 15) is 0 Å². The van der Waals surface area contributed by atoms with Crippen molar-refractivity contribution in [3.8, 4) is 11.5 Å². The molecule has 2 aromatic rings. The molecule has 0 aliphatic rings. The number of rotatable bonds is 7. The van der Waals surface area contributed by atoms with E-state index in [-0.39, 0.29) is 6.04 Å². The van der Waals surface area contributed by atoms with Crippen LogP contribution in [0.15, 0.2) is 53.0 Å². The van der Waals surface area contributed by atoms with Gasteiger partial charge in [0.1, 0.15) is 11.5 Å². The lowest BCUT2D eigenvalue weighted by Gasteiger charge is -2.15. The molecule has 0 saturated heterocycles. The lowest BCUT2D eigenvalue weighted by molar-refractivity contribution is 0.296. The highest BCUT2D eigenvalue weighted by atomic mass is 79.9. The molecule has 0 heterocycles. The molecule has 2 N–H and O–H groups in total. The molecule has 4 heteroatoms. The van der Waals surface area contributed by atoms with Crippen LogP contribution in [0.3, 0.4) is 0 Å². The van der Waals surface area contributed by atoms with Crippen LogP contribution in [0, 0.1) is 0 Å². The molecule has 0 bridgehead atoms. The van der Waals surface area contributed by atoms with E-state index in [0.717, 1.165) is 34.4 Å². The van der Waals surface area contributed by atoms with Gasteiger partial charge in [-0.3, -0.25) is 0 Å². The zero-order chi connectivity index (χ0) is 15.1. The highest BCUT2D eigenvalue weighted by Crippen LogP contribution is 2.24. The van der Waals surface area contributed by atoms with Crippen molar-refractivity contribution in [1.29, 1.82) is 0 Å². The number of hydrogen-bond donors (Lipinski definition) is 1. The lowest BCUT2D eigenvalue weighted by atomic mass is 10.0. The van der Waals surface area contributed by atoms with Crippen molar-refractivity contribution in [2.45, 2.75) is 18.9 Å². The number of hydrogen-bond acceptors (Lipinski definition) is 3. The zero-order valence-corrected chi connectivity index (χ0v) is 13.7. The van der Waals surface area contributed by atoms with E-state index in [2.05, 4.69) is 22.0 Å². The fourth-order valence-electron chi connectivity index (χ4n) is 2.14. The molecular weight excluding hydrogens is 330 g/mol. The Morgan fingerprint density at radius 1 is 1.14 bits per heavy atom. The third-order valence-electron chi connectivity index (χ3n) is 3.23. The fraction of sp³-hybridized carbons (Fsp3) is 0.294. The van der Waals surface area contributed by atoms with E-state index >= 15 is 0 Å². The molecule has 2 aromatic carbocycles. The molecule has 2 rings (SSSR count). The Hall–Kier alpha value is -1.52. The minimum absolute atomic E-state index is 0.0388. The highest BCUT2D eigenvalue weighted by molar-refractivity contribution is 9.10. The molecule has 0 radical (unpaired) electrons. The summed E-state index contributed by atoms with van der Waals surface area (Å²) in [6, 6.07) is 15.8. The molecule has 1 unspecified atom stereocenters. The maximum atomic E-state index is 6.19. The predicted molar refractivity (Wildman–Crippen MR) is 88.9 cm³/mol. The minimum atomic E-state index is 0.0388. The van der Waals surface area contributed by atoms with Gasteiger partial charge in [-0.2, -0.15) is 0 Å². The van der Waals surface area contributed by atoms with Crippen LogP contribution in [0.5, 0.6) is 11.5 Å². The molecular formula is C17H20BrNO2. The Morgan fingerprint density at radius 3 is 2.62 bits per heavy atom. The molecule has 0 saturated carbocycles. The van der Waals surface area contributed by atoms with Gasteiger partial charge >= 0.3 is 0 Å². The van der Waals surface area contributed by atoms with Crippen LogP contribution in [0.2, 0.25) is 0 Å². The molecule has 0 spiro atoms. The van der Waals surface area contributed by atoms with Gasteiger partial charge in [0.2, 0.25) is 0 Å². The van der Waals surface area contributed by atoms with Crippen LogP contribution in [0.25, 0.3) is 0 Å². The van der Waals surface area contributed by atoms with E-state index in [1.807, 2.05) is 42.5 Å². The van der Waals surface area contributed by atoms with Gasteiger partial charge in [-0.05, 0) is 48.7 Å². The first-order valence-electron chi connectivity index (χ1n) is 6.95. The standard InChI is InChI=1S/C17H20BrNO2/c1-20-17-8-7-14(18)11-13(17)12-15(19)9-10-21-16-5-3-2-4-6-16/h2-8,11,15H,9-10,12,19H2,1H3. The summed E-state index contributed by atoms with van der Waals surface area (Å²) in [6.07, 6.45) is 1.56. The molecule has 3 nitrogen and oxygen atoms in total. The zero-order valence-electron chi connectivity index (χ0n) is 12.1. The summed E-state index contributed by atoms with van der Waals surface area (Å²) in [5.41, 5.74) is 7.30. The third kappa shape index (κ3) is 5.06. The first-order valence-corrected chi connectivity index (χ1v) is 7.74. The number of methoxy groups -OCH3 is 1. The largest absolute Gasteiger partial charge is 0.496 e. The van der Waals surface area contributed by atoms with Crippen LogP contribution in [-0.4, -0.2) is 19.8 Å². The summed E-state index contributed by atoms with van der Waals surface area (Å²) in [5, 5.41) is 0. The van der Waals surface area contributed by atoms with E-state index in [1.54, 1.807) is 7.11 Å². The second-order valence-corrected chi connectivity index (χ2v) is 5.79. The normalized spacial score (nSPS) is 12.0.